The third kappa shape index (κ3) is 4.33. The van der Waals surface area contributed by atoms with Gasteiger partial charge in [-0.3, -0.25) is 0 Å². The Balaban J connectivity index is 2.07. The summed E-state index contributed by atoms with van der Waals surface area (Å²) in [5.41, 5.74) is 1.04. The standard InChI is InChI=1S/C16H16F3NO2S/c1-11(7-8-12-5-3-2-4-6-12)20-23(21,22)14-10-9-13(17)15(18)16(14)19/h2-6,9-11,20H,7-8H2,1H3/t11-/m1/s1. The Morgan fingerprint density at radius 1 is 1.00 bits per heavy atom. The Morgan fingerprint density at radius 3 is 2.30 bits per heavy atom. The fourth-order valence-electron chi connectivity index (χ4n) is 2.13. The lowest BCUT2D eigenvalue weighted by Crippen LogP contribution is -2.33. The van der Waals surface area contributed by atoms with Gasteiger partial charge in [-0.15, -0.1) is 0 Å². The predicted molar refractivity (Wildman–Crippen MR) is 80.9 cm³/mol. The second-order valence-corrected chi connectivity index (χ2v) is 6.90. The molecular formula is C16H16F3NO2S. The molecule has 23 heavy (non-hydrogen) atoms. The van der Waals surface area contributed by atoms with Crippen LogP contribution in [0.2, 0.25) is 0 Å². The minimum atomic E-state index is -4.27. The van der Waals surface area contributed by atoms with E-state index in [9.17, 15) is 21.6 Å². The maximum atomic E-state index is 13.6. The van der Waals surface area contributed by atoms with Crippen LogP contribution in [0.4, 0.5) is 13.2 Å². The molecule has 0 spiro atoms. The van der Waals surface area contributed by atoms with E-state index < -0.39 is 38.4 Å². The summed E-state index contributed by atoms with van der Waals surface area (Å²) in [7, 11) is -4.27. The zero-order valence-electron chi connectivity index (χ0n) is 12.4. The molecule has 0 unspecified atom stereocenters. The van der Waals surface area contributed by atoms with Crippen molar-refractivity contribution >= 4 is 10.0 Å². The lowest BCUT2D eigenvalue weighted by molar-refractivity contribution is 0.431. The van der Waals surface area contributed by atoms with Crippen LogP contribution in [0.5, 0.6) is 0 Å². The van der Waals surface area contributed by atoms with Gasteiger partial charge in [0.15, 0.2) is 17.5 Å². The van der Waals surface area contributed by atoms with E-state index in [-0.39, 0.29) is 0 Å². The van der Waals surface area contributed by atoms with E-state index in [1.807, 2.05) is 30.3 Å². The first kappa shape index (κ1) is 17.5. The minimum absolute atomic E-state index is 0.481. The van der Waals surface area contributed by atoms with Crippen LogP contribution in [0.15, 0.2) is 47.4 Å². The van der Waals surface area contributed by atoms with Crippen molar-refractivity contribution in [1.82, 2.24) is 4.72 Å². The third-order valence-corrected chi connectivity index (χ3v) is 4.96. The van der Waals surface area contributed by atoms with E-state index in [2.05, 4.69) is 4.72 Å². The summed E-state index contributed by atoms with van der Waals surface area (Å²) >= 11 is 0. The van der Waals surface area contributed by atoms with Crippen molar-refractivity contribution in [2.75, 3.05) is 0 Å². The van der Waals surface area contributed by atoms with Crippen LogP contribution >= 0.6 is 0 Å². The summed E-state index contributed by atoms with van der Waals surface area (Å²) < 4.78 is 66.2. The molecule has 0 saturated carbocycles. The van der Waals surface area contributed by atoms with Crippen molar-refractivity contribution in [3.8, 4) is 0 Å². The largest absolute Gasteiger partial charge is 0.243 e. The number of hydrogen-bond donors (Lipinski definition) is 1. The molecule has 0 aromatic heterocycles. The first-order valence-electron chi connectivity index (χ1n) is 7.01. The average molecular weight is 343 g/mol. The molecular weight excluding hydrogens is 327 g/mol. The fourth-order valence-corrected chi connectivity index (χ4v) is 3.48. The molecule has 0 aliphatic carbocycles. The molecule has 0 amide bonds. The number of hydrogen-bond acceptors (Lipinski definition) is 2. The maximum Gasteiger partial charge on any atom is 0.243 e. The molecule has 2 aromatic rings. The van der Waals surface area contributed by atoms with Gasteiger partial charge in [0.05, 0.1) is 0 Å². The van der Waals surface area contributed by atoms with Gasteiger partial charge in [0.1, 0.15) is 4.90 Å². The van der Waals surface area contributed by atoms with Gasteiger partial charge < -0.3 is 0 Å². The summed E-state index contributed by atoms with van der Waals surface area (Å²) in [6.07, 6.45) is 1.11. The maximum absolute atomic E-state index is 13.6. The number of benzene rings is 2. The topological polar surface area (TPSA) is 46.2 Å². The molecule has 0 saturated heterocycles. The molecule has 124 valence electrons. The highest BCUT2D eigenvalue weighted by molar-refractivity contribution is 7.89. The zero-order valence-corrected chi connectivity index (χ0v) is 13.2. The fraction of sp³-hybridized carbons (Fsp3) is 0.250. The van der Waals surface area contributed by atoms with Gasteiger partial charge in [0.2, 0.25) is 10.0 Å². The monoisotopic (exact) mass is 343 g/mol. The SMILES string of the molecule is C[C@H](CCc1ccccc1)NS(=O)(=O)c1ccc(F)c(F)c1F. The van der Waals surface area contributed by atoms with Crippen LogP contribution in [-0.4, -0.2) is 14.5 Å². The lowest BCUT2D eigenvalue weighted by Gasteiger charge is -2.15. The molecule has 0 fully saturated rings. The highest BCUT2D eigenvalue weighted by Crippen LogP contribution is 2.20. The molecule has 7 heteroatoms. The summed E-state index contributed by atoms with van der Waals surface area (Å²) in [6, 6.07) is 10.3. The van der Waals surface area contributed by atoms with E-state index in [0.29, 0.717) is 25.0 Å². The molecule has 3 nitrogen and oxygen atoms in total. The number of nitrogens with one attached hydrogen (secondary N) is 1. The highest BCUT2D eigenvalue weighted by Gasteiger charge is 2.25. The van der Waals surface area contributed by atoms with E-state index in [1.54, 1.807) is 6.92 Å². The zero-order chi connectivity index (χ0) is 17.0. The van der Waals surface area contributed by atoms with Crippen LogP contribution in [-0.2, 0) is 16.4 Å². The molecule has 2 aromatic carbocycles. The van der Waals surface area contributed by atoms with Crippen LogP contribution in [0.25, 0.3) is 0 Å². The number of halogens is 3. The number of sulfonamides is 1. The molecule has 0 heterocycles. The Morgan fingerprint density at radius 2 is 1.65 bits per heavy atom. The minimum Gasteiger partial charge on any atom is -0.208 e. The van der Waals surface area contributed by atoms with Crippen LogP contribution in [0, 0.1) is 17.5 Å². The summed E-state index contributed by atoms with van der Waals surface area (Å²) in [5, 5.41) is 0. The number of aryl methyl sites for hydroxylation is 1. The van der Waals surface area contributed by atoms with Gasteiger partial charge in [-0.25, -0.2) is 26.3 Å². The van der Waals surface area contributed by atoms with Crippen molar-refractivity contribution in [2.24, 2.45) is 0 Å². The predicted octanol–water partition coefficient (Wildman–Crippen LogP) is 3.40. The van der Waals surface area contributed by atoms with Gasteiger partial charge in [-0.1, -0.05) is 30.3 Å². The molecule has 0 aliphatic heterocycles. The van der Waals surface area contributed by atoms with Crippen LogP contribution in [0.1, 0.15) is 18.9 Å². The van der Waals surface area contributed by atoms with Crippen molar-refractivity contribution in [1.29, 1.82) is 0 Å². The van der Waals surface area contributed by atoms with E-state index in [4.69, 9.17) is 0 Å². The molecule has 0 radical (unpaired) electrons. The second kappa shape index (κ2) is 7.14. The Labute approximate surface area is 133 Å². The molecule has 1 atom stereocenters. The van der Waals surface area contributed by atoms with Gasteiger partial charge in [-0.05, 0) is 37.5 Å². The van der Waals surface area contributed by atoms with Crippen LogP contribution in [0.3, 0.4) is 0 Å². The van der Waals surface area contributed by atoms with Gasteiger partial charge in [0, 0.05) is 6.04 Å². The van der Waals surface area contributed by atoms with Crippen molar-refractivity contribution < 1.29 is 21.6 Å². The highest BCUT2D eigenvalue weighted by atomic mass is 32.2. The molecule has 0 bridgehead atoms. The average Bonchev–Trinajstić information content (AvgIpc) is 2.51. The summed E-state index contributed by atoms with van der Waals surface area (Å²) in [4.78, 5) is -0.900. The normalized spacial score (nSPS) is 13.0. The van der Waals surface area contributed by atoms with Crippen LogP contribution < -0.4 is 4.72 Å². The van der Waals surface area contributed by atoms with Crippen molar-refractivity contribution in [2.45, 2.75) is 30.7 Å². The van der Waals surface area contributed by atoms with Gasteiger partial charge in [0.25, 0.3) is 0 Å². The molecule has 2 rings (SSSR count). The second-order valence-electron chi connectivity index (χ2n) is 5.22. The van der Waals surface area contributed by atoms with Crippen molar-refractivity contribution in [3.05, 3.63) is 65.5 Å². The third-order valence-electron chi connectivity index (χ3n) is 3.35. The van der Waals surface area contributed by atoms with E-state index in [0.717, 1.165) is 5.56 Å². The summed E-state index contributed by atoms with van der Waals surface area (Å²) in [5.74, 6) is -4.95. The Kier molecular flexibility index (Phi) is 5.43. The van der Waals surface area contributed by atoms with Gasteiger partial charge >= 0.3 is 0 Å². The molecule has 0 aliphatic rings. The Hall–Kier alpha value is -1.86. The summed E-state index contributed by atoms with van der Waals surface area (Å²) in [6.45, 7) is 1.62. The van der Waals surface area contributed by atoms with Crippen molar-refractivity contribution in [3.63, 3.8) is 0 Å². The van der Waals surface area contributed by atoms with E-state index >= 15 is 0 Å². The quantitative estimate of drug-likeness (QED) is 0.817. The Bertz CT molecular complexity index is 779. The molecule has 1 N–H and O–H groups in total. The van der Waals surface area contributed by atoms with E-state index in [1.165, 1.54) is 0 Å². The number of rotatable bonds is 6. The van der Waals surface area contributed by atoms with Gasteiger partial charge in [-0.2, -0.15) is 0 Å². The smallest absolute Gasteiger partial charge is 0.208 e. The first-order chi connectivity index (χ1) is 10.8. The first-order valence-corrected chi connectivity index (χ1v) is 8.49. The lowest BCUT2D eigenvalue weighted by atomic mass is 10.1.